The number of aryl methyl sites for hydroxylation is 1. The van der Waals surface area contributed by atoms with E-state index in [1.54, 1.807) is 31.6 Å². The van der Waals surface area contributed by atoms with Gasteiger partial charge in [-0.25, -0.2) is 8.42 Å². The maximum atomic E-state index is 12.0. The van der Waals surface area contributed by atoms with E-state index in [0.717, 1.165) is 12.1 Å². The van der Waals surface area contributed by atoms with E-state index in [4.69, 9.17) is 0 Å². The summed E-state index contributed by atoms with van der Waals surface area (Å²) >= 11 is 0. The Labute approximate surface area is 122 Å². The van der Waals surface area contributed by atoms with Crippen LogP contribution >= 0.6 is 0 Å². The monoisotopic (exact) mass is 301 g/mol. The second-order valence-corrected chi connectivity index (χ2v) is 10.0. The van der Waals surface area contributed by atoms with Gasteiger partial charge in [-0.05, 0) is 41.5 Å². The minimum absolute atomic E-state index is 0.0532. The van der Waals surface area contributed by atoms with Gasteiger partial charge in [0, 0.05) is 23.8 Å². The molecule has 1 N–H and O–H groups in total. The Hall–Kier alpha value is -0.880. The van der Waals surface area contributed by atoms with E-state index in [1.807, 2.05) is 6.20 Å². The molecule has 0 aliphatic rings. The van der Waals surface area contributed by atoms with Gasteiger partial charge in [0.25, 0.3) is 0 Å². The summed E-state index contributed by atoms with van der Waals surface area (Å²) in [5.74, 6) is 0.115. The van der Waals surface area contributed by atoms with E-state index < -0.39 is 14.6 Å². The number of hydrogen-bond acceptors (Lipinski definition) is 4. The molecular weight excluding hydrogens is 274 g/mol. The second kappa shape index (κ2) is 5.85. The zero-order chi connectivity index (χ0) is 15.6. The van der Waals surface area contributed by atoms with E-state index in [2.05, 4.69) is 31.2 Å². The van der Waals surface area contributed by atoms with Crippen LogP contribution in [-0.4, -0.2) is 34.2 Å². The molecule has 0 aliphatic carbocycles. The summed E-state index contributed by atoms with van der Waals surface area (Å²) in [6.07, 6.45) is 3.68. The Bertz CT molecular complexity index is 534. The van der Waals surface area contributed by atoms with Crippen molar-refractivity contribution in [1.29, 1.82) is 0 Å². The summed E-state index contributed by atoms with van der Waals surface area (Å²) in [5.41, 5.74) is 1.12. The van der Waals surface area contributed by atoms with Crippen molar-refractivity contribution in [1.82, 2.24) is 15.1 Å². The minimum Gasteiger partial charge on any atom is -0.308 e. The Balaban J connectivity index is 2.58. The highest BCUT2D eigenvalue weighted by Gasteiger charge is 2.28. The molecule has 0 radical (unpaired) electrons. The van der Waals surface area contributed by atoms with Gasteiger partial charge in [-0.2, -0.15) is 5.10 Å². The maximum Gasteiger partial charge on any atom is 0.157 e. The second-order valence-electron chi connectivity index (χ2n) is 7.15. The normalized spacial score (nSPS) is 13.7. The lowest BCUT2D eigenvalue weighted by Gasteiger charge is -2.19. The van der Waals surface area contributed by atoms with Crippen LogP contribution in [0, 0.1) is 0 Å². The summed E-state index contributed by atoms with van der Waals surface area (Å²) in [7, 11) is -3.10. The molecule has 6 heteroatoms. The topological polar surface area (TPSA) is 64.0 Å². The van der Waals surface area contributed by atoms with Crippen LogP contribution in [0.5, 0.6) is 0 Å². The van der Waals surface area contributed by atoms with Crippen molar-refractivity contribution >= 4 is 9.84 Å². The van der Waals surface area contributed by atoms with Gasteiger partial charge in [0.2, 0.25) is 0 Å². The van der Waals surface area contributed by atoms with Crippen LogP contribution in [0.25, 0.3) is 0 Å². The van der Waals surface area contributed by atoms with Crippen LogP contribution in [0.15, 0.2) is 12.4 Å². The fourth-order valence-electron chi connectivity index (χ4n) is 1.51. The van der Waals surface area contributed by atoms with Crippen LogP contribution in [0.4, 0.5) is 0 Å². The van der Waals surface area contributed by atoms with E-state index in [-0.39, 0.29) is 11.3 Å². The predicted octanol–water partition coefficient (Wildman–Crippen LogP) is 1.98. The number of nitrogens with zero attached hydrogens (tertiary/aromatic N) is 2. The molecule has 0 unspecified atom stereocenters. The number of hydrogen-bond donors (Lipinski definition) is 1. The number of aromatic nitrogens is 2. The first-order valence-corrected chi connectivity index (χ1v) is 8.55. The molecule has 116 valence electrons. The molecule has 1 aromatic heterocycles. The van der Waals surface area contributed by atoms with Crippen molar-refractivity contribution in [3.63, 3.8) is 0 Å². The molecule has 0 fully saturated rings. The van der Waals surface area contributed by atoms with Crippen molar-refractivity contribution in [2.75, 3.05) is 5.75 Å². The van der Waals surface area contributed by atoms with Gasteiger partial charge in [0.05, 0.1) is 23.2 Å². The Kier molecular flexibility index (Phi) is 5.03. The molecule has 0 spiro atoms. The third-order valence-corrected chi connectivity index (χ3v) is 5.62. The quantitative estimate of drug-likeness (QED) is 0.903. The highest BCUT2D eigenvalue weighted by molar-refractivity contribution is 7.92. The predicted molar refractivity (Wildman–Crippen MR) is 82.4 cm³/mol. The lowest BCUT2D eigenvalue weighted by molar-refractivity contribution is 0.424. The zero-order valence-electron chi connectivity index (χ0n) is 13.4. The molecule has 1 aromatic rings. The van der Waals surface area contributed by atoms with Crippen LogP contribution in [0.1, 0.15) is 47.1 Å². The molecule has 5 nitrogen and oxygen atoms in total. The SMILES string of the molecule is CC(C)(C)NCc1cnn(CCS(=O)(=O)C(C)(C)C)c1. The number of sulfone groups is 1. The third-order valence-electron chi connectivity index (χ3n) is 3.03. The Morgan fingerprint density at radius 2 is 1.80 bits per heavy atom. The van der Waals surface area contributed by atoms with Crippen LogP contribution in [-0.2, 0) is 22.9 Å². The number of rotatable bonds is 5. The van der Waals surface area contributed by atoms with Crippen molar-refractivity contribution in [3.05, 3.63) is 18.0 Å². The first kappa shape index (κ1) is 17.2. The molecule has 1 rings (SSSR count). The van der Waals surface area contributed by atoms with Gasteiger partial charge in [-0.15, -0.1) is 0 Å². The Morgan fingerprint density at radius 3 is 2.30 bits per heavy atom. The van der Waals surface area contributed by atoms with Crippen LogP contribution in [0.3, 0.4) is 0 Å². The molecular formula is C14H27N3O2S. The van der Waals surface area contributed by atoms with Gasteiger partial charge in [-0.3, -0.25) is 4.68 Å². The highest BCUT2D eigenvalue weighted by atomic mass is 32.2. The van der Waals surface area contributed by atoms with E-state index in [0.29, 0.717) is 6.54 Å². The molecule has 0 saturated heterocycles. The fourth-order valence-corrected chi connectivity index (χ4v) is 2.55. The molecule has 0 atom stereocenters. The molecule has 20 heavy (non-hydrogen) atoms. The minimum atomic E-state index is -3.10. The Morgan fingerprint density at radius 1 is 1.20 bits per heavy atom. The molecule has 0 aliphatic heterocycles. The lowest BCUT2D eigenvalue weighted by Crippen LogP contribution is -2.34. The first-order valence-electron chi connectivity index (χ1n) is 6.89. The molecule has 0 aromatic carbocycles. The molecule has 0 amide bonds. The largest absolute Gasteiger partial charge is 0.308 e. The summed E-state index contributed by atoms with van der Waals surface area (Å²) in [6, 6.07) is 0. The molecule has 1 heterocycles. The third kappa shape index (κ3) is 5.25. The summed E-state index contributed by atoms with van der Waals surface area (Å²) in [5, 5.41) is 7.59. The molecule has 0 bridgehead atoms. The fraction of sp³-hybridized carbons (Fsp3) is 0.786. The lowest BCUT2D eigenvalue weighted by atomic mass is 10.1. The van der Waals surface area contributed by atoms with E-state index >= 15 is 0 Å². The van der Waals surface area contributed by atoms with Crippen molar-refractivity contribution in [3.8, 4) is 0 Å². The van der Waals surface area contributed by atoms with E-state index in [9.17, 15) is 8.42 Å². The van der Waals surface area contributed by atoms with Gasteiger partial charge in [0.15, 0.2) is 9.84 Å². The van der Waals surface area contributed by atoms with Gasteiger partial charge < -0.3 is 5.32 Å². The maximum absolute atomic E-state index is 12.0. The highest BCUT2D eigenvalue weighted by Crippen LogP contribution is 2.16. The van der Waals surface area contributed by atoms with Crippen molar-refractivity contribution < 1.29 is 8.42 Å². The number of nitrogens with one attached hydrogen (secondary N) is 1. The smallest absolute Gasteiger partial charge is 0.157 e. The van der Waals surface area contributed by atoms with Crippen LogP contribution in [0.2, 0.25) is 0 Å². The zero-order valence-corrected chi connectivity index (χ0v) is 14.2. The van der Waals surface area contributed by atoms with Crippen molar-refractivity contribution in [2.45, 2.75) is 64.9 Å². The summed E-state index contributed by atoms with van der Waals surface area (Å²) in [6.45, 7) is 12.6. The van der Waals surface area contributed by atoms with Crippen molar-refractivity contribution in [2.24, 2.45) is 0 Å². The van der Waals surface area contributed by atoms with Gasteiger partial charge in [0.1, 0.15) is 0 Å². The standard InChI is InChI=1S/C14H27N3O2S/c1-13(2,3)15-9-12-10-16-17(11-12)7-8-20(18,19)14(4,5)6/h10-11,15H,7-9H2,1-6H3. The first-order chi connectivity index (χ1) is 8.91. The summed E-state index contributed by atoms with van der Waals surface area (Å²) in [4.78, 5) is 0. The van der Waals surface area contributed by atoms with Gasteiger partial charge >= 0.3 is 0 Å². The molecule has 0 saturated carbocycles. The average molecular weight is 301 g/mol. The van der Waals surface area contributed by atoms with E-state index in [1.165, 1.54) is 0 Å². The average Bonchev–Trinajstić information content (AvgIpc) is 2.69. The van der Waals surface area contributed by atoms with Gasteiger partial charge in [-0.1, -0.05) is 0 Å². The summed E-state index contributed by atoms with van der Waals surface area (Å²) < 4.78 is 25.1. The van der Waals surface area contributed by atoms with Crippen LogP contribution < -0.4 is 5.32 Å².